The average Bonchev–Trinajstić information content (AvgIpc) is 3.19. The summed E-state index contributed by atoms with van der Waals surface area (Å²) in [4.78, 5) is 11.8. The van der Waals surface area contributed by atoms with Crippen molar-refractivity contribution < 1.29 is 9.84 Å². The van der Waals surface area contributed by atoms with Crippen molar-refractivity contribution in [2.45, 2.75) is 44.2 Å². The molecule has 3 aromatic rings. The van der Waals surface area contributed by atoms with Crippen LogP contribution in [0.4, 0.5) is 0 Å². The van der Waals surface area contributed by atoms with Gasteiger partial charge in [0.25, 0.3) is 0 Å². The summed E-state index contributed by atoms with van der Waals surface area (Å²) in [6.07, 6.45) is 2.96. The standard InChI is InChI=1S/C20H22N2O2S2/c1-12-6-3-4-8-16(12)24-10-14(23)11-25-19-18-15-7-5-9-17(15)26-20(18)22-13(2)21-19/h3-4,6,8,14,23H,5,7,9-11H2,1-2H3/t14-/m1/s1. The van der Waals surface area contributed by atoms with Gasteiger partial charge < -0.3 is 9.84 Å². The van der Waals surface area contributed by atoms with E-state index in [9.17, 15) is 5.11 Å². The summed E-state index contributed by atoms with van der Waals surface area (Å²) in [5.41, 5.74) is 2.51. The summed E-state index contributed by atoms with van der Waals surface area (Å²) < 4.78 is 5.76. The molecule has 2 aromatic heterocycles. The van der Waals surface area contributed by atoms with Crippen molar-refractivity contribution in [3.63, 3.8) is 0 Å². The monoisotopic (exact) mass is 386 g/mol. The lowest BCUT2D eigenvalue weighted by Gasteiger charge is -2.14. The molecule has 0 saturated heterocycles. The highest BCUT2D eigenvalue weighted by Crippen LogP contribution is 2.40. The molecule has 4 rings (SSSR count). The quantitative estimate of drug-likeness (QED) is 0.505. The van der Waals surface area contributed by atoms with Crippen LogP contribution in [0.25, 0.3) is 10.2 Å². The van der Waals surface area contributed by atoms with Gasteiger partial charge in [-0.1, -0.05) is 18.2 Å². The fraction of sp³-hybridized carbons (Fsp3) is 0.400. The molecule has 0 spiro atoms. The molecule has 0 radical (unpaired) electrons. The highest BCUT2D eigenvalue weighted by molar-refractivity contribution is 7.99. The summed E-state index contributed by atoms with van der Waals surface area (Å²) in [6, 6.07) is 7.87. The third kappa shape index (κ3) is 3.59. The summed E-state index contributed by atoms with van der Waals surface area (Å²) in [7, 11) is 0. The van der Waals surface area contributed by atoms with Gasteiger partial charge in [-0.15, -0.1) is 23.1 Å². The minimum absolute atomic E-state index is 0.285. The second-order valence-electron chi connectivity index (χ2n) is 6.65. The Morgan fingerprint density at radius 1 is 1.23 bits per heavy atom. The van der Waals surface area contributed by atoms with E-state index in [1.54, 1.807) is 23.1 Å². The Labute approximate surface area is 161 Å². The Morgan fingerprint density at radius 3 is 2.92 bits per heavy atom. The van der Waals surface area contributed by atoms with Crippen molar-refractivity contribution in [2.24, 2.45) is 0 Å². The third-order valence-corrected chi connectivity index (χ3v) is 6.89. The summed E-state index contributed by atoms with van der Waals surface area (Å²) in [5, 5.41) is 12.6. The Hall–Kier alpha value is -1.63. The van der Waals surface area contributed by atoms with E-state index in [2.05, 4.69) is 9.97 Å². The number of nitrogens with zero attached hydrogens (tertiary/aromatic N) is 2. The SMILES string of the molecule is Cc1nc(SC[C@H](O)COc2ccccc2C)c2c3c(sc2n1)CCC3. The molecular formula is C20H22N2O2S2. The Balaban J connectivity index is 1.45. The number of aliphatic hydroxyl groups excluding tert-OH is 1. The molecule has 26 heavy (non-hydrogen) atoms. The van der Waals surface area contributed by atoms with Gasteiger partial charge in [0.15, 0.2) is 0 Å². The maximum Gasteiger partial charge on any atom is 0.128 e. The number of aliphatic hydroxyl groups is 1. The van der Waals surface area contributed by atoms with E-state index >= 15 is 0 Å². The minimum Gasteiger partial charge on any atom is -0.491 e. The van der Waals surface area contributed by atoms with Gasteiger partial charge in [0.1, 0.15) is 28.0 Å². The first-order chi connectivity index (χ1) is 12.6. The number of aryl methyl sites for hydroxylation is 4. The molecule has 0 saturated carbocycles. The van der Waals surface area contributed by atoms with Gasteiger partial charge in [0.2, 0.25) is 0 Å². The predicted molar refractivity (Wildman–Crippen MR) is 108 cm³/mol. The van der Waals surface area contributed by atoms with Gasteiger partial charge >= 0.3 is 0 Å². The van der Waals surface area contributed by atoms with Crippen molar-refractivity contribution in [2.75, 3.05) is 12.4 Å². The van der Waals surface area contributed by atoms with Crippen molar-refractivity contribution in [1.82, 2.24) is 9.97 Å². The molecule has 0 fully saturated rings. The molecule has 1 aliphatic rings. The van der Waals surface area contributed by atoms with Crippen LogP contribution in [-0.2, 0) is 12.8 Å². The summed E-state index contributed by atoms with van der Waals surface area (Å²) in [6.45, 7) is 4.23. The highest BCUT2D eigenvalue weighted by atomic mass is 32.2. The lowest BCUT2D eigenvalue weighted by atomic mass is 10.2. The normalized spacial score (nSPS) is 14.6. The van der Waals surface area contributed by atoms with Crippen molar-refractivity contribution in [1.29, 1.82) is 0 Å². The highest BCUT2D eigenvalue weighted by Gasteiger charge is 2.22. The zero-order valence-electron chi connectivity index (χ0n) is 15.0. The van der Waals surface area contributed by atoms with Crippen molar-refractivity contribution >= 4 is 33.3 Å². The van der Waals surface area contributed by atoms with Crippen LogP contribution in [0.1, 0.15) is 28.2 Å². The Morgan fingerprint density at radius 2 is 2.08 bits per heavy atom. The molecule has 136 valence electrons. The van der Waals surface area contributed by atoms with Crippen molar-refractivity contribution in [3.8, 4) is 5.75 Å². The number of para-hydroxylation sites is 1. The van der Waals surface area contributed by atoms with E-state index in [1.807, 2.05) is 38.1 Å². The molecule has 0 bridgehead atoms. The van der Waals surface area contributed by atoms with Crippen LogP contribution in [0.15, 0.2) is 29.3 Å². The number of thiophene rings is 1. The smallest absolute Gasteiger partial charge is 0.128 e. The lowest BCUT2D eigenvalue weighted by Crippen LogP contribution is -2.20. The molecule has 1 aromatic carbocycles. The van der Waals surface area contributed by atoms with Gasteiger partial charge in [-0.2, -0.15) is 0 Å². The number of aromatic nitrogens is 2. The molecule has 0 unspecified atom stereocenters. The van der Waals surface area contributed by atoms with Crippen LogP contribution in [0.3, 0.4) is 0 Å². The van der Waals surface area contributed by atoms with Gasteiger partial charge in [-0.05, 0) is 50.3 Å². The summed E-state index contributed by atoms with van der Waals surface area (Å²) >= 11 is 3.41. The van der Waals surface area contributed by atoms with Crippen LogP contribution in [0.5, 0.6) is 5.75 Å². The topological polar surface area (TPSA) is 55.2 Å². The first-order valence-electron chi connectivity index (χ1n) is 8.90. The molecule has 1 aliphatic carbocycles. The number of thioether (sulfide) groups is 1. The number of fused-ring (bicyclic) bond motifs is 3. The van der Waals surface area contributed by atoms with Crippen LogP contribution in [0.2, 0.25) is 0 Å². The summed E-state index contributed by atoms with van der Waals surface area (Å²) in [5.74, 6) is 2.18. The molecule has 4 nitrogen and oxygen atoms in total. The van der Waals surface area contributed by atoms with Crippen molar-refractivity contribution in [3.05, 3.63) is 46.1 Å². The second-order valence-corrected chi connectivity index (χ2v) is 8.75. The van der Waals surface area contributed by atoms with Gasteiger partial charge in [0.05, 0.1) is 6.10 Å². The fourth-order valence-electron chi connectivity index (χ4n) is 3.30. The molecule has 1 atom stereocenters. The van der Waals surface area contributed by atoms with Crippen LogP contribution in [0, 0.1) is 13.8 Å². The fourth-order valence-corrected chi connectivity index (χ4v) is 5.67. The van der Waals surface area contributed by atoms with Gasteiger partial charge in [-0.3, -0.25) is 0 Å². The molecule has 0 amide bonds. The van der Waals surface area contributed by atoms with Gasteiger partial charge in [-0.25, -0.2) is 9.97 Å². The van der Waals surface area contributed by atoms with Crippen LogP contribution < -0.4 is 4.74 Å². The number of ether oxygens (including phenoxy) is 1. The minimum atomic E-state index is -0.545. The number of benzene rings is 1. The van der Waals surface area contributed by atoms with E-state index in [1.165, 1.54) is 22.2 Å². The first kappa shape index (κ1) is 17.8. The maximum absolute atomic E-state index is 10.4. The average molecular weight is 387 g/mol. The van der Waals surface area contributed by atoms with E-state index in [-0.39, 0.29) is 6.61 Å². The first-order valence-corrected chi connectivity index (χ1v) is 10.7. The Kier molecular flexibility index (Phi) is 5.16. The predicted octanol–water partition coefficient (Wildman–Crippen LogP) is 4.33. The second kappa shape index (κ2) is 7.55. The van der Waals surface area contributed by atoms with E-state index in [0.29, 0.717) is 5.75 Å². The van der Waals surface area contributed by atoms with E-state index < -0.39 is 6.10 Å². The molecular weight excluding hydrogens is 364 g/mol. The number of hydrogen-bond donors (Lipinski definition) is 1. The van der Waals surface area contributed by atoms with E-state index in [0.717, 1.165) is 39.8 Å². The van der Waals surface area contributed by atoms with Gasteiger partial charge in [0, 0.05) is 16.0 Å². The van der Waals surface area contributed by atoms with Crippen LogP contribution >= 0.6 is 23.1 Å². The maximum atomic E-state index is 10.4. The number of hydrogen-bond acceptors (Lipinski definition) is 6. The molecule has 6 heteroatoms. The third-order valence-electron chi connectivity index (χ3n) is 4.58. The molecule has 0 aliphatic heterocycles. The zero-order valence-corrected chi connectivity index (χ0v) is 16.6. The zero-order chi connectivity index (χ0) is 18.1. The number of rotatable bonds is 6. The largest absolute Gasteiger partial charge is 0.491 e. The van der Waals surface area contributed by atoms with Crippen LogP contribution in [-0.4, -0.2) is 33.5 Å². The molecule has 1 N–H and O–H groups in total. The van der Waals surface area contributed by atoms with E-state index in [4.69, 9.17) is 4.74 Å². The lowest BCUT2D eigenvalue weighted by molar-refractivity contribution is 0.126. The Bertz CT molecular complexity index is 939. The molecule has 2 heterocycles.